The Balaban J connectivity index is 1.90. The first-order valence-corrected chi connectivity index (χ1v) is 11.0. The van der Waals surface area contributed by atoms with E-state index in [9.17, 15) is 21.6 Å². The number of aromatic nitrogens is 3. The smallest absolute Gasteiger partial charge is 0.383 e. The maximum Gasteiger partial charge on any atom is 0.416 e. The molecule has 3 rings (SSSR count). The third kappa shape index (κ3) is 5.64. The van der Waals surface area contributed by atoms with Gasteiger partial charge in [0.1, 0.15) is 10.7 Å². The highest BCUT2D eigenvalue weighted by Gasteiger charge is 2.29. The molecule has 172 valence electrons. The average molecular weight is 469 g/mol. The van der Waals surface area contributed by atoms with E-state index < -0.39 is 21.8 Å². The molecule has 0 atom stereocenters. The lowest BCUT2D eigenvalue weighted by molar-refractivity contribution is -0.137. The lowest BCUT2D eigenvalue weighted by Gasteiger charge is -2.13. The number of hydrogen-bond donors (Lipinski definition) is 2. The summed E-state index contributed by atoms with van der Waals surface area (Å²) in [6.07, 6.45) is 0.117. The lowest BCUT2D eigenvalue weighted by Crippen LogP contribution is -2.19. The Morgan fingerprint density at radius 2 is 1.88 bits per heavy atom. The minimum absolute atomic E-state index is 0.0403. The quantitative estimate of drug-likeness (QED) is 0.500. The summed E-state index contributed by atoms with van der Waals surface area (Å²) in [6, 6.07) is 6.19. The minimum Gasteiger partial charge on any atom is -0.383 e. The van der Waals surface area contributed by atoms with Crippen molar-refractivity contribution in [3.05, 3.63) is 60.2 Å². The van der Waals surface area contributed by atoms with Gasteiger partial charge in [0.05, 0.1) is 24.2 Å². The van der Waals surface area contributed by atoms with E-state index in [1.54, 1.807) is 24.2 Å². The number of anilines is 1. The van der Waals surface area contributed by atoms with Crippen molar-refractivity contribution in [2.45, 2.75) is 24.2 Å². The molecule has 0 radical (unpaired) electrons. The fraction of sp³-hybridized carbons (Fsp3) is 0.300. The van der Waals surface area contributed by atoms with E-state index in [1.807, 2.05) is 0 Å². The first kappa shape index (κ1) is 23.7. The van der Waals surface area contributed by atoms with Gasteiger partial charge in [-0.3, -0.25) is 0 Å². The van der Waals surface area contributed by atoms with Crippen molar-refractivity contribution >= 4 is 15.8 Å². The number of nitrogens with one attached hydrogen (secondary N) is 2. The number of pyridine rings is 1. The van der Waals surface area contributed by atoms with Crippen LogP contribution in [0.15, 0.2) is 53.9 Å². The minimum atomic E-state index is -4.41. The Morgan fingerprint density at radius 3 is 2.50 bits per heavy atom. The second kappa shape index (κ2) is 9.67. The molecule has 32 heavy (non-hydrogen) atoms. The predicted octanol–water partition coefficient (Wildman–Crippen LogP) is 3.13. The zero-order chi connectivity index (χ0) is 23.4. The molecule has 0 spiro atoms. The third-order valence-electron chi connectivity index (χ3n) is 4.65. The van der Waals surface area contributed by atoms with E-state index >= 15 is 0 Å². The molecule has 0 fully saturated rings. The summed E-state index contributed by atoms with van der Waals surface area (Å²) >= 11 is 0. The molecule has 2 heterocycles. The number of benzene rings is 1. The zero-order valence-electron chi connectivity index (χ0n) is 17.3. The summed E-state index contributed by atoms with van der Waals surface area (Å²) in [5, 5.41) is 3.05. The second-order valence-corrected chi connectivity index (χ2v) is 8.70. The van der Waals surface area contributed by atoms with E-state index in [4.69, 9.17) is 4.74 Å². The first-order valence-electron chi connectivity index (χ1n) is 9.48. The van der Waals surface area contributed by atoms with Crippen LogP contribution >= 0.6 is 0 Å². The van der Waals surface area contributed by atoms with Crippen LogP contribution in [0.5, 0.6) is 0 Å². The van der Waals surface area contributed by atoms with Gasteiger partial charge in [0.15, 0.2) is 0 Å². The van der Waals surface area contributed by atoms with Gasteiger partial charge in [-0.15, -0.1) is 0 Å². The Labute approximate surface area is 183 Å². The Kier molecular flexibility index (Phi) is 7.16. The van der Waals surface area contributed by atoms with E-state index in [0.717, 1.165) is 12.1 Å². The molecule has 3 aromatic rings. The lowest BCUT2D eigenvalue weighted by atomic mass is 10.1. The van der Waals surface area contributed by atoms with Gasteiger partial charge in [-0.2, -0.15) is 13.2 Å². The van der Waals surface area contributed by atoms with Gasteiger partial charge in [0, 0.05) is 38.2 Å². The van der Waals surface area contributed by atoms with Gasteiger partial charge in [0.2, 0.25) is 10.0 Å². The first-order chi connectivity index (χ1) is 15.1. The number of nitrogens with zero attached hydrogens (tertiary/aromatic N) is 3. The number of methoxy groups -OCH3 is 1. The van der Waals surface area contributed by atoms with Crippen molar-refractivity contribution in [2.24, 2.45) is 0 Å². The van der Waals surface area contributed by atoms with Gasteiger partial charge >= 0.3 is 6.18 Å². The fourth-order valence-electron chi connectivity index (χ4n) is 2.86. The van der Waals surface area contributed by atoms with Gasteiger partial charge in [-0.25, -0.2) is 23.1 Å². The zero-order valence-corrected chi connectivity index (χ0v) is 18.2. The Bertz CT molecular complexity index is 1160. The maximum absolute atomic E-state index is 12.8. The number of ether oxygens (including phenoxy) is 1. The molecule has 2 N–H and O–H groups in total. The van der Waals surface area contributed by atoms with Crippen LogP contribution < -0.4 is 10.0 Å². The fourth-order valence-corrected chi connectivity index (χ4v) is 3.56. The summed E-state index contributed by atoms with van der Waals surface area (Å²) < 4.78 is 71.8. The van der Waals surface area contributed by atoms with Crippen LogP contribution in [0.4, 0.5) is 19.0 Å². The number of hydrogen-bond acceptors (Lipinski definition) is 6. The molecular weight excluding hydrogens is 447 g/mol. The normalized spacial score (nSPS) is 12.2. The van der Waals surface area contributed by atoms with Crippen molar-refractivity contribution in [3.8, 4) is 11.3 Å². The molecule has 0 saturated heterocycles. The van der Waals surface area contributed by atoms with Crippen LogP contribution in [0.25, 0.3) is 11.3 Å². The Morgan fingerprint density at radius 1 is 1.16 bits per heavy atom. The van der Waals surface area contributed by atoms with Gasteiger partial charge in [-0.05, 0) is 30.8 Å². The molecule has 0 aliphatic heterocycles. The van der Waals surface area contributed by atoms with Crippen LogP contribution in [0.3, 0.4) is 0 Å². The monoisotopic (exact) mass is 469 g/mol. The van der Waals surface area contributed by atoms with Crippen molar-refractivity contribution in [3.63, 3.8) is 0 Å². The highest BCUT2D eigenvalue weighted by Crippen LogP contribution is 2.30. The van der Waals surface area contributed by atoms with Crippen LogP contribution in [-0.4, -0.2) is 43.7 Å². The average Bonchev–Trinajstić information content (AvgIpc) is 3.24. The van der Waals surface area contributed by atoms with E-state index in [-0.39, 0.29) is 11.4 Å². The summed E-state index contributed by atoms with van der Waals surface area (Å²) in [5.41, 5.74) is 0.785. The van der Waals surface area contributed by atoms with E-state index in [1.165, 1.54) is 31.4 Å². The van der Waals surface area contributed by atoms with Gasteiger partial charge < -0.3 is 14.6 Å². The van der Waals surface area contributed by atoms with E-state index in [0.29, 0.717) is 35.8 Å². The van der Waals surface area contributed by atoms with Gasteiger partial charge in [0.25, 0.3) is 0 Å². The van der Waals surface area contributed by atoms with E-state index in [2.05, 4.69) is 20.0 Å². The van der Waals surface area contributed by atoms with Crippen molar-refractivity contribution in [1.29, 1.82) is 0 Å². The van der Waals surface area contributed by atoms with Crippen molar-refractivity contribution in [1.82, 2.24) is 19.3 Å². The second-order valence-electron chi connectivity index (χ2n) is 6.81. The third-order valence-corrected chi connectivity index (χ3v) is 6.03. The number of rotatable bonds is 9. The molecule has 0 saturated carbocycles. The van der Waals surface area contributed by atoms with Crippen LogP contribution in [-0.2, 0) is 34.0 Å². The Hall–Kier alpha value is -2.96. The largest absolute Gasteiger partial charge is 0.416 e. The highest BCUT2D eigenvalue weighted by molar-refractivity contribution is 7.89. The maximum atomic E-state index is 12.8. The van der Waals surface area contributed by atoms with Crippen LogP contribution in [0, 0.1) is 0 Å². The predicted molar refractivity (Wildman–Crippen MR) is 112 cm³/mol. The SMILES string of the molecule is CNS(=O)(=O)c1cnc(NCc2ccc(C(F)(F)F)cc2)c(-c2cn(CCOC)cn2)c1. The highest BCUT2D eigenvalue weighted by atomic mass is 32.2. The molecule has 0 bridgehead atoms. The topological polar surface area (TPSA) is 98.1 Å². The van der Waals surface area contributed by atoms with Crippen molar-refractivity contribution in [2.75, 3.05) is 26.1 Å². The number of halogens is 3. The number of sulfonamides is 1. The molecule has 1 aromatic carbocycles. The van der Waals surface area contributed by atoms with Gasteiger partial charge in [-0.1, -0.05) is 12.1 Å². The van der Waals surface area contributed by atoms with Crippen LogP contribution in [0.2, 0.25) is 0 Å². The summed E-state index contributed by atoms with van der Waals surface area (Å²) in [5.74, 6) is 0.344. The molecule has 2 aromatic heterocycles. The summed E-state index contributed by atoms with van der Waals surface area (Å²) in [7, 11) is -0.863. The molecule has 0 unspecified atom stereocenters. The molecular formula is C20H22F3N5O3S. The van der Waals surface area contributed by atoms with Crippen molar-refractivity contribution < 1.29 is 26.3 Å². The van der Waals surface area contributed by atoms with Crippen LogP contribution in [0.1, 0.15) is 11.1 Å². The molecule has 12 heteroatoms. The molecule has 0 amide bonds. The number of alkyl halides is 3. The summed E-state index contributed by atoms with van der Waals surface area (Å²) in [6.45, 7) is 1.21. The molecule has 8 nitrogen and oxygen atoms in total. The molecule has 0 aliphatic rings. The standard InChI is InChI=1S/C20H22F3N5O3S/c1-24-32(29,30)16-9-17(18-12-28(13-27-18)7-8-31-2)19(26-11-16)25-10-14-3-5-15(6-4-14)20(21,22)23/h3-6,9,11-13,24H,7-8,10H2,1-2H3,(H,25,26). The summed E-state index contributed by atoms with van der Waals surface area (Å²) in [4.78, 5) is 8.52. The molecule has 0 aliphatic carbocycles. The number of imidazole rings is 1.